The molecule has 0 aliphatic rings. The van der Waals surface area contributed by atoms with E-state index in [2.05, 4.69) is 25.3 Å². The van der Waals surface area contributed by atoms with Crippen molar-refractivity contribution in [3.8, 4) is 0 Å². The van der Waals surface area contributed by atoms with Gasteiger partial charge < -0.3 is 10.6 Å². The maximum Gasteiger partial charge on any atom is 0.0139 e. The zero-order chi connectivity index (χ0) is 9.40. The monoisotopic (exact) mass is 170 g/mol. The molecule has 0 fully saturated rings. The van der Waals surface area contributed by atoms with E-state index in [1.807, 2.05) is 6.08 Å². The molecule has 0 bridgehead atoms. The van der Waals surface area contributed by atoms with Gasteiger partial charge >= 0.3 is 0 Å². The van der Waals surface area contributed by atoms with E-state index in [1.54, 1.807) is 0 Å². The van der Waals surface area contributed by atoms with Gasteiger partial charge in [-0.25, -0.2) is 0 Å². The summed E-state index contributed by atoms with van der Waals surface area (Å²) in [5, 5.41) is 0. The summed E-state index contributed by atoms with van der Waals surface area (Å²) >= 11 is 0. The van der Waals surface area contributed by atoms with Crippen molar-refractivity contribution >= 4 is 0 Å². The fourth-order valence-corrected chi connectivity index (χ4v) is 1.29. The third-order valence-corrected chi connectivity index (χ3v) is 1.74. The predicted octanol–water partition coefficient (Wildman–Crippen LogP) is 1.62. The Labute approximate surface area is 76.4 Å². The molecule has 0 aromatic heterocycles. The maximum absolute atomic E-state index is 5.73. The minimum atomic E-state index is 0.279. The molecule has 0 rings (SSSR count). The summed E-state index contributed by atoms with van der Waals surface area (Å²) in [6, 6.07) is 0.279. The quantitative estimate of drug-likeness (QED) is 0.588. The molecule has 2 heteroatoms. The first kappa shape index (κ1) is 11.7. The van der Waals surface area contributed by atoms with Crippen molar-refractivity contribution in [3.63, 3.8) is 0 Å². The van der Waals surface area contributed by atoms with E-state index < -0.39 is 0 Å². The molecular formula is C10H22N2. The van der Waals surface area contributed by atoms with Gasteiger partial charge in [-0.3, -0.25) is 0 Å². The summed E-state index contributed by atoms with van der Waals surface area (Å²) < 4.78 is 0. The molecule has 0 aromatic rings. The molecule has 1 unspecified atom stereocenters. The summed E-state index contributed by atoms with van der Waals surface area (Å²) in [4.78, 5) is 2.40. The van der Waals surface area contributed by atoms with Crippen LogP contribution in [0.3, 0.4) is 0 Å². The Balaban J connectivity index is 3.61. The van der Waals surface area contributed by atoms with Crippen molar-refractivity contribution < 1.29 is 0 Å². The predicted molar refractivity (Wildman–Crippen MR) is 55.2 cm³/mol. The lowest BCUT2D eigenvalue weighted by molar-refractivity contribution is 0.266. The number of nitrogens with zero attached hydrogens (tertiary/aromatic N) is 1. The average Bonchev–Trinajstić information content (AvgIpc) is 2.00. The molecule has 0 amide bonds. The number of hydrogen-bond donors (Lipinski definition) is 1. The van der Waals surface area contributed by atoms with Gasteiger partial charge in [0.2, 0.25) is 0 Å². The maximum atomic E-state index is 5.73. The molecule has 0 aliphatic carbocycles. The zero-order valence-corrected chi connectivity index (χ0v) is 8.42. The van der Waals surface area contributed by atoms with Gasteiger partial charge in [-0.2, -0.15) is 0 Å². The Hall–Kier alpha value is -0.340. The SMILES string of the molecule is C=CCCN(CCC)CC(C)N. The van der Waals surface area contributed by atoms with Crippen LogP contribution in [-0.4, -0.2) is 30.6 Å². The fraction of sp³-hybridized carbons (Fsp3) is 0.800. The summed E-state index contributed by atoms with van der Waals surface area (Å²) in [7, 11) is 0. The van der Waals surface area contributed by atoms with E-state index in [9.17, 15) is 0 Å². The van der Waals surface area contributed by atoms with Crippen molar-refractivity contribution in [2.45, 2.75) is 32.7 Å². The van der Waals surface area contributed by atoms with E-state index in [0.717, 1.165) is 26.1 Å². The van der Waals surface area contributed by atoms with Gasteiger partial charge in [0, 0.05) is 19.1 Å². The standard InChI is InChI=1S/C10H22N2/c1-4-6-8-12(7-5-2)9-10(3)11/h4,10H,1,5-9,11H2,2-3H3. The van der Waals surface area contributed by atoms with Crippen LogP contribution in [0.15, 0.2) is 12.7 Å². The molecule has 0 saturated heterocycles. The van der Waals surface area contributed by atoms with Crippen LogP contribution < -0.4 is 5.73 Å². The van der Waals surface area contributed by atoms with E-state index in [1.165, 1.54) is 6.42 Å². The second kappa shape index (κ2) is 7.32. The Morgan fingerprint density at radius 2 is 2.17 bits per heavy atom. The molecule has 0 saturated carbocycles. The van der Waals surface area contributed by atoms with Gasteiger partial charge in [-0.15, -0.1) is 6.58 Å². The number of rotatable bonds is 7. The molecule has 2 N–H and O–H groups in total. The van der Waals surface area contributed by atoms with Crippen LogP contribution in [0.25, 0.3) is 0 Å². The van der Waals surface area contributed by atoms with Crippen LogP contribution in [0.1, 0.15) is 26.7 Å². The molecule has 0 aromatic carbocycles. The highest BCUT2D eigenvalue weighted by Crippen LogP contribution is 1.95. The third kappa shape index (κ3) is 6.38. The molecule has 2 nitrogen and oxygen atoms in total. The Bertz CT molecular complexity index is 110. The normalized spacial score (nSPS) is 13.3. The van der Waals surface area contributed by atoms with Crippen LogP contribution >= 0.6 is 0 Å². The lowest BCUT2D eigenvalue weighted by atomic mass is 10.3. The molecule has 0 heterocycles. The van der Waals surface area contributed by atoms with Crippen molar-refractivity contribution in [1.82, 2.24) is 4.90 Å². The van der Waals surface area contributed by atoms with E-state index in [0.29, 0.717) is 0 Å². The van der Waals surface area contributed by atoms with Crippen LogP contribution in [-0.2, 0) is 0 Å². The van der Waals surface area contributed by atoms with Gasteiger partial charge in [0.15, 0.2) is 0 Å². The van der Waals surface area contributed by atoms with Crippen molar-refractivity contribution in [3.05, 3.63) is 12.7 Å². The second-order valence-corrected chi connectivity index (χ2v) is 3.36. The van der Waals surface area contributed by atoms with Crippen LogP contribution in [0.5, 0.6) is 0 Å². The lowest BCUT2D eigenvalue weighted by Crippen LogP contribution is -2.36. The minimum Gasteiger partial charge on any atom is -0.327 e. The summed E-state index contributed by atoms with van der Waals surface area (Å²) in [5.41, 5.74) is 5.73. The second-order valence-electron chi connectivity index (χ2n) is 3.36. The number of hydrogen-bond acceptors (Lipinski definition) is 2. The molecule has 72 valence electrons. The van der Waals surface area contributed by atoms with Crippen LogP contribution in [0, 0.1) is 0 Å². The Kier molecular flexibility index (Phi) is 7.11. The van der Waals surface area contributed by atoms with E-state index >= 15 is 0 Å². The van der Waals surface area contributed by atoms with Crippen LogP contribution in [0.4, 0.5) is 0 Å². The molecule has 0 radical (unpaired) electrons. The molecular weight excluding hydrogens is 148 g/mol. The average molecular weight is 170 g/mol. The van der Waals surface area contributed by atoms with Crippen molar-refractivity contribution in [2.24, 2.45) is 5.73 Å². The highest BCUT2D eigenvalue weighted by atomic mass is 15.1. The minimum absolute atomic E-state index is 0.279. The summed E-state index contributed by atoms with van der Waals surface area (Å²) in [6.45, 7) is 11.2. The highest BCUT2D eigenvalue weighted by molar-refractivity contribution is 4.71. The zero-order valence-electron chi connectivity index (χ0n) is 8.42. The summed E-state index contributed by atoms with van der Waals surface area (Å²) in [5.74, 6) is 0. The van der Waals surface area contributed by atoms with Gasteiger partial charge in [0.25, 0.3) is 0 Å². The lowest BCUT2D eigenvalue weighted by Gasteiger charge is -2.22. The van der Waals surface area contributed by atoms with Crippen molar-refractivity contribution in [2.75, 3.05) is 19.6 Å². The topological polar surface area (TPSA) is 29.3 Å². The first-order valence-electron chi connectivity index (χ1n) is 4.79. The van der Waals surface area contributed by atoms with Gasteiger partial charge in [-0.1, -0.05) is 13.0 Å². The Morgan fingerprint density at radius 3 is 2.58 bits per heavy atom. The van der Waals surface area contributed by atoms with Gasteiger partial charge in [-0.05, 0) is 26.3 Å². The first-order valence-corrected chi connectivity index (χ1v) is 4.79. The van der Waals surface area contributed by atoms with E-state index in [-0.39, 0.29) is 6.04 Å². The molecule has 12 heavy (non-hydrogen) atoms. The van der Waals surface area contributed by atoms with Crippen LogP contribution in [0.2, 0.25) is 0 Å². The molecule has 0 spiro atoms. The van der Waals surface area contributed by atoms with Gasteiger partial charge in [0.05, 0.1) is 0 Å². The largest absolute Gasteiger partial charge is 0.327 e. The fourth-order valence-electron chi connectivity index (χ4n) is 1.29. The highest BCUT2D eigenvalue weighted by Gasteiger charge is 2.04. The van der Waals surface area contributed by atoms with E-state index in [4.69, 9.17) is 5.73 Å². The third-order valence-electron chi connectivity index (χ3n) is 1.74. The Morgan fingerprint density at radius 1 is 1.50 bits per heavy atom. The van der Waals surface area contributed by atoms with Gasteiger partial charge in [0.1, 0.15) is 0 Å². The smallest absolute Gasteiger partial charge is 0.0139 e. The van der Waals surface area contributed by atoms with Crippen molar-refractivity contribution in [1.29, 1.82) is 0 Å². The first-order chi connectivity index (χ1) is 5.70. The molecule has 1 atom stereocenters. The number of nitrogens with two attached hydrogens (primary N) is 1. The summed E-state index contributed by atoms with van der Waals surface area (Å²) in [6.07, 6.45) is 4.22. The molecule has 0 aliphatic heterocycles.